The minimum atomic E-state index is -0.165. The molecule has 0 saturated carbocycles. The molecule has 0 unspecified atom stereocenters. The van der Waals surface area contributed by atoms with E-state index in [9.17, 15) is 4.79 Å². The first-order valence-electron chi connectivity index (χ1n) is 6.13. The van der Waals surface area contributed by atoms with Crippen LogP contribution >= 0.6 is 15.9 Å². The zero-order chi connectivity index (χ0) is 13.1. The van der Waals surface area contributed by atoms with E-state index in [1.807, 2.05) is 13.8 Å². The third kappa shape index (κ3) is 2.99. The zero-order valence-corrected chi connectivity index (χ0v) is 12.4. The molecule has 0 atom stereocenters. The predicted octanol–water partition coefficient (Wildman–Crippen LogP) is 0.955. The van der Waals surface area contributed by atoms with Crippen molar-refractivity contribution in [1.29, 1.82) is 0 Å². The van der Waals surface area contributed by atoms with Crippen molar-refractivity contribution in [1.82, 2.24) is 14.5 Å². The summed E-state index contributed by atoms with van der Waals surface area (Å²) in [6.45, 7) is 8.76. The summed E-state index contributed by atoms with van der Waals surface area (Å²) >= 11 is 3.47. The molecule has 0 amide bonds. The number of aryl methyl sites for hydroxylation is 1. The van der Waals surface area contributed by atoms with Gasteiger partial charge in [-0.3, -0.25) is 9.47 Å². The smallest absolute Gasteiger partial charge is 0.348 e. The van der Waals surface area contributed by atoms with Crippen molar-refractivity contribution in [3.05, 3.63) is 26.3 Å². The molecule has 1 aliphatic heterocycles. The summed E-state index contributed by atoms with van der Waals surface area (Å²) in [6.07, 6.45) is 0. The molecule has 2 heterocycles. The van der Waals surface area contributed by atoms with Gasteiger partial charge in [-0.2, -0.15) is 4.98 Å². The number of morpholine rings is 1. The van der Waals surface area contributed by atoms with Crippen LogP contribution < -0.4 is 5.69 Å². The van der Waals surface area contributed by atoms with E-state index in [2.05, 4.69) is 25.8 Å². The molecule has 0 bridgehead atoms. The zero-order valence-electron chi connectivity index (χ0n) is 10.8. The molecule has 100 valence electrons. The second-order valence-electron chi connectivity index (χ2n) is 4.48. The molecule has 1 aromatic rings. The molecule has 0 spiro atoms. The monoisotopic (exact) mass is 315 g/mol. The Labute approximate surface area is 115 Å². The Morgan fingerprint density at radius 1 is 1.28 bits per heavy atom. The topological polar surface area (TPSA) is 47.4 Å². The van der Waals surface area contributed by atoms with Gasteiger partial charge in [-0.25, -0.2) is 4.79 Å². The first kappa shape index (κ1) is 13.7. The van der Waals surface area contributed by atoms with Crippen molar-refractivity contribution in [2.75, 3.05) is 32.8 Å². The van der Waals surface area contributed by atoms with Gasteiger partial charge in [0.25, 0.3) is 0 Å². The van der Waals surface area contributed by atoms with Crippen molar-refractivity contribution >= 4 is 15.9 Å². The molecular formula is C12H18BrN3O2. The van der Waals surface area contributed by atoms with E-state index in [1.165, 1.54) is 0 Å². The van der Waals surface area contributed by atoms with E-state index in [1.54, 1.807) is 4.57 Å². The summed E-state index contributed by atoms with van der Waals surface area (Å²) in [4.78, 5) is 18.2. The molecule has 5 nitrogen and oxygen atoms in total. The molecule has 1 saturated heterocycles. The molecule has 6 heteroatoms. The van der Waals surface area contributed by atoms with Crippen LogP contribution in [0.3, 0.4) is 0 Å². The lowest BCUT2D eigenvalue weighted by Crippen LogP contribution is -2.40. The molecule has 0 aromatic carbocycles. The number of hydrogen-bond acceptors (Lipinski definition) is 4. The van der Waals surface area contributed by atoms with Crippen molar-refractivity contribution in [2.24, 2.45) is 0 Å². The van der Waals surface area contributed by atoms with Gasteiger partial charge in [0.15, 0.2) is 0 Å². The van der Waals surface area contributed by atoms with Crippen molar-refractivity contribution in [3.63, 3.8) is 0 Å². The van der Waals surface area contributed by atoms with E-state index in [0.29, 0.717) is 6.54 Å². The Morgan fingerprint density at radius 3 is 2.61 bits per heavy atom. The second kappa shape index (κ2) is 5.95. The van der Waals surface area contributed by atoms with Gasteiger partial charge in [0, 0.05) is 31.9 Å². The molecule has 2 rings (SSSR count). The lowest BCUT2D eigenvalue weighted by Gasteiger charge is -2.27. The number of hydrogen-bond donors (Lipinski definition) is 0. The van der Waals surface area contributed by atoms with Crippen LogP contribution in [-0.4, -0.2) is 47.3 Å². The molecular weight excluding hydrogens is 298 g/mol. The maximum Gasteiger partial charge on any atom is 0.348 e. The molecule has 0 radical (unpaired) electrons. The van der Waals surface area contributed by atoms with Crippen LogP contribution in [0.2, 0.25) is 0 Å². The van der Waals surface area contributed by atoms with Gasteiger partial charge in [0.1, 0.15) is 0 Å². The summed E-state index contributed by atoms with van der Waals surface area (Å²) in [5.41, 5.74) is 1.53. The quantitative estimate of drug-likeness (QED) is 0.833. The molecule has 1 fully saturated rings. The van der Waals surface area contributed by atoms with Crippen LogP contribution in [0.25, 0.3) is 0 Å². The number of rotatable bonds is 3. The van der Waals surface area contributed by atoms with Gasteiger partial charge in [0.2, 0.25) is 0 Å². The van der Waals surface area contributed by atoms with Crippen LogP contribution in [0, 0.1) is 13.8 Å². The van der Waals surface area contributed by atoms with Crippen molar-refractivity contribution < 1.29 is 4.74 Å². The van der Waals surface area contributed by atoms with Gasteiger partial charge in [-0.15, -0.1) is 0 Å². The Hall–Kier alpha value is -0.720. The predicted molar refractivity (Wildman–Crippen MR) is 72.9 cm³/mol. The summed E-state index contributed by atoms with van der Waals surface area (Å²) in [7, 11) is 0. The second-order valence-corrected chi connectivity index (χ2v) is 5.28. The maximum atomic E-state index is 11.9. The van der Waals surface area contributed by atoms with Gasteiger partial charge < -0.3 is 4.74 Å². The summed E-state index contributed by atoms with van der Waals surface area (Å²) in [5, 5.41) is 0. The first-order chi connectivity index (χ1) is 8.59. The van der Waals surface area contributed by atoms with E-state index >= 15 is 0 Å². The Morgan fingerprint density at radius 2 is 1.94 bits per heavy atom. The fraction of sp³-hybridized carbons (Fsp3) is 0.667. The maximum absolute atomic E-state index is 11.9. The average Bonchev–Trinajstić information content (AvgIpc) is 2.37. The molecule has 18 heavy (non-hydrogen) atoms. The Bertz CT molecular complexity index is 481. The average molecular weight is 316 g/mol. The number of aromatic nitrogens is 2. The minimum Gasteiger partial charge on any atom is -0.379 e. The SMILES string of the molecule is Cc1nc(=O)n(CCN2CCOCC2)c(C)c1Br. The van der Waals surface area contributed by atoms with Crippen LogP contribution in [0.15, 0.2) is 9.27 Å². The fourth-order valence-corrected chi connectivity index (χ4v) is 2.41. The lowest BCUT2D eigenvalue weighted by atomic mass is 10.3. The first-order valence-corrected chi connectivity index (χ1v) is 6.92. The normalized spacial score (nSPS) is 17.1. The number of nitrogens with zero attached hydrogens (tertiary/aromatic N) is 3. The highest BCUT2D eigenvalue weighted by molar-refractivity contribution is 9.10. The van der Waals surface area contributed by atoms with Crippen molar-refractivity contribution in [2.45, 2.75) is 20.4 Å². The standard InChI is InChI=1S/C12H18BrN3O2/c1-9-11(13)10(2)16(12(17)14-9)4-3-15-5-7-18-8-6-15/h3-8H2,1-2H3. The van der Waals surface area contributed by atoms with E-state index < -0.39 is 0 Å². The van der Waals surface area contributed by atoms with Crippen LogP contribution in [0.1, 0.15) is 11.4 Å². The molecule has 0 N–H and O–H groups in total. The van der Waals surface area contributed by atoms with Crippen LogP contribution in [0.4, 0.5) is 0 Å². The highest BCUT2D eigenvalue weighted by atomic mass is 79.9. The van der Waals surface area contributed by atoms with Gasteiger partial charge in [-0.1, -0.05) is 0 Å². The molecule has 0 aliphatic carbocycles. The molecule has 1 aliphatic rings. The van der Waals surface area contributed by atoms with Crippen LogP contribution in [0.5, 0.6) is 0 Å². The summed E-state index contributed by atoms with van der Waals surface area (Å²) in [6, 6.07) is 0. The fourth-order valence-electron chi connectivity index (χ4n) is 2.11. The minimum absolute atomic E-state index is 0.165. The summed E-state index contributed by atoms with van der Waals surface area (Å²) in [5.74, 6) is 0. The highest BCUT2D eigenvalue weighted by Gasteiger charge is 2.13. The number of ether oxygens (including phenoxy) is 1. The molecule has 1 aromatic heterocycles. The van der Waals surface area contributed by atoms with E-state index in [-0.39, 0.29) is 5.69 Å². The van der Waals surface area contributed by atoms with Gasteiger partial charge in [-0.05, 0) is 29.8 Å². The van der Waals surface area contributed by atoms with Gasteiger partial charge >= 0.3 is 5.69 Å². The third-order valence-corrected chi connectivity index (χ3v) is 4.43. The third-order valence-electron chi connectivity index (χ3n) is 3.28. The summed E-state index contributed by atoms with van der Waals surface area (Å²) < 4.78 is 7.95. The van der Waals surface area contributed by atoms with E-state index in [0.717, 1.165) is 48.7 Å². The van der Waals surface area contributed by atoms with Crippen LogP contribution in [-0.2, 0) is 11.3 Å². The van der Waals surface area contributed by atoms with Crippen molar-refractivity contribution in [3.8, 4) is 0 Å². The Balaban J connectivity index is 2.09. The Kier molecular flexibility index (Phi) is 4.53. The number of halogens is 1. The van der Waals surface area contributed by atoms with E-state index in [4.69, 9.17) is 4.74 Å². The highest BCUT2D eigenvalue weighted by Crippen LogP contribution is 2.16. The largest absolute Gasteiger partial charge is 0.379 e. The van der Waals surface area contributed by atoms with Gasteiger partial charge in [0.05, 0.1) is 23.4 Å². The lowest BCUT2D eigenvalue weighted by molar-refractivity contribution is 0.0361.